The molecule has 0 aromatic heterocycles. The second-order valence-electron chi connectivity index (χ2n) is 5.62. The van der Waals surface area contributed by atoms with Crippen LogP contribution in [0.5, 0.6) is 0 Å². The van der Waals surface area contributed by atoms with Gasteiger partial charge in [-0.05, 0) is 31.2 Å². The van der Waals surface area contributed by atoms with Crippen molar-refractivity contribution < 1.29 is 4.39 Å². The minimum atomic E-state index is -0.198. The summed E-state index contributed by atoms with van der Waals surface area (Å²) in [6.45, 7) is 5.38. The van der Waals surface area contributed by atoms with Crippen LogP contribution in [0.1, 0.15) is 38.2 Å². The van der Waals surface area contributed by atoms with E-state index >= 15 is 0 Å². The number of nitrogens with two attached hydrogens (primary N) is 1. The lowest BCUT2D eigenvalue weighted by Crippen LogP contribution is -2.37. The number of unbranched alkanes of at least 4 members (excludes halogenated alkanes) is 3. The highest BCUT2D eigenvalue weighted by Crippen LogP contribution is 2.05. The predicted molar refractivity (Wildman–Crippen MR) is 91.4 cm³/mol. The monoisotopic (exact) mass is 308 g/mol. The fourth-order valence-corrected chi connectivity index (χ4v) is 2.15. The zero-order valence-electron chi connectivity index (χ0n) is 13.8. The molecular formula is C17H29FN4. The molecule has 5 heteroatoms. The molecule has 4 nitrogen and oxygen atoms in total. The largest absolute Gasteiger partial charge is 0.370 e. The number of hydrogen-bond acceptors (Lipinski definition) is 2. The van der Waals surface area contributed by atoms with Crippen molar-refractivity contribution in [3.63, 3.8) is 0 Å². The summed E-state index contributed by atoms with van der Waals surface area (Å²) in [5.74, 6) is 0.322. The van der Waals surface area contributed by atoms with E-state index in [9.17, 15) is 4.39 Å². The van der Waals surface area contributed by atoms with Crippen LogP contribution in [0.25, 0.3) is 0 Å². The van der Waals surface area contributed by atoms with Crippen molar-refractivity contribution in [2.24, 2.45) is 10.7 Å². The summed E-state index contributed by atoms with van der Waals surface area (Å²) in [5.41, 5.74) is 6.92. The van der Waals surface area contributed by atoms with Gasteiger partial charge < -0.3 is 16.0 Å². The molecule has 0 radical (unpaired) electrons. The zero-order valence-corrected chi connectivity index (χ0v) is 13.8. The van der Waals surface area contributed by atoms with Crippen LogP contribution in [0.15, 0.2) is 29.3 Å². The molecular weight excluding hydrogens is 279 g/mol. The molecule has 0 fully saturated rings. The SMILES string of the molecule is CCCCCCN=C(N)NCCN(C)Cc1ccc(F)cc1. The minimum absolute atomic E-state index is 0.198. The molecule has 0 amide bonds. The molecule has 0 saturated heterocycles. The summed E-state index contributed by atoms with van der Waals surface area (Å²) in [6, 6.07) is 6.60. The number of guanidine groups is 1. The highest BCUT2D eigenvalue weighted by molar-refractivity contribution is 5.77. The van der Waals surface area contributed by atoms with Crippen molar-refractivity contribution in [2.45, 2.75) is 39.2 Å². The summed E-state index contributed by atoms with van der Waals surface area (Å²) in [4.78, 5) is 6.47. The Labute approximate surface area is 133 Å². The average Bonchev–Trinajstić information content (AvgIpc) is 2.49. The minimum Gasteiger partial charge on any atom is -0.370 e. The molecule has 0 heterocycles. The van der Waals surface area contributed by atoms with Gasteiger partial charge in [0.15, 0.2) is 5.96 Å². The Hall–Kier alpha value is -1.62. The van der Waals surface area contributed by atoms with Gasteiger partial charge in [-0.3, -0.25) is 4.99 Å². The van der Waals surface area contributed by atoms with E-state index in [4.69, 9.17) is 5.73 Å². The number of halogens is 1. The van der Waals surface area contributed by atoms with Crippen LogP contribution < -0.4 is 11.1 Å². The third-order valence-electron chi connectivity index (χ3n) is 3.46. The van der Waals surface area contributed by atoms with Gasteiger partial charge in [0, 0.05) is 26.2 Å². The van der Waals surface area contributed by atoms with E-state index < -0.39 is 0 Å². The molecule has 1 aromatic rings. The maximum atomic E-state index is 12.8. The Balaban J connectivity index is 2.14. The van der Waals surface area contributed by atoms with Gasteiger partial charge in [0.25, 0.3) is 0 Å². The number of aliphatic imine (C=N–C) groups is 1. The second kappa shape index (κ2) is 11.0. The van der Waals surface area contributed by atoms with Crippen molar-refractivity contribution in [3.8, 4) is 0 Å². The van der Waals surface area contributed by atoms with Gasteiger partial charge >= 0.3 is 0 Å². The molecule has 0 saturated carbocycles. The number of nitrogens with zero attached hydrogens (tertiary/aromatic N) is 2. The Kier molecular flexibility index (Phi) is 9.23. The van der Waals surface area contributed by atoms with Crippen LogP contribution >= 0.6 is 0 Å². The molecule has 1 rings (SSSR count). The van der Waals surface area contributed by atoms with E-state index in [1.807, 2.05) is 19.2 Å². The van der Waals surface area contributed by atoms with Crippen LogP contribution in [-0.4, -0.2) is 37.5 Å². The Morgan fingerprint density at radius 2 is 1.95 bits per heavy atom. The van der Waals surface area contributed by atoms with Crippen LogP contribution in [-0.2, 0) is 6.54 Å². The van der Waals surface area contributed by atoms with E-state index in [0.717, 1.165) is 38.2 Å². The molecule has 1 aromatic carbocycles. The van der Waals surface area contributed by atoms with E-state index in [2.05, 4.69) is 22.1 Å². The standard InChI is InChI=1S/C17H29FN4/c1-3-4-5-6-11-20-17(19)21-12-13-22(2)14-15-7-9-16(18)10-8-15/h7-10H,3-6,11-14H2,1-2H3,(H3,19,20,21). The number of nitrogens with one attached hydrogen (secondary N) is 1. The number of benzene rings is 1. The van der Waals surface area contributed by atoms with Gasteiger partial charge in [-0.2, -0.15) is 0 Å². The Morgan fingerprint density at radius 3 is 2.64 bits per heavy atom. The lowest BCUT2D eigenvalue weighted by atomic mass is 10.2. The number of likely N-dealkylation sites (N-methyl/N-ethyl adjacent to an activating group) is 1. The quantitative estimate of drug-likeness (QED) is 0.397. The van der Waals surface area contributed by atoms with Crippen molar-refractivity contribution in [3.05, 3.63) is 35.6 Å². The van der Waals surface area contributed by atoms with E-state index in [1.54, 1.807) is 0 Å². The van der Waals surface area contributed by atoms with Crippen molar-refractivity contribution in [2.75, 3.05) is 26.7 Å². The van der Waals surface area contributed by atoms with Gasteiger partial charge in [0.05, 0.1) is 0 Å². The van der Waals surface area contributed by atoms with Crippen molar-refractivity contribution >= 4 is 5.96 Å². The summed E-state index contributed by atoms with van der Waals surface area (Å²) < 4.78 is 12.8. The summed E-state index contributed by atoms with van der Waals surface area (Å²) in [5, 5.41) is 3.13. The molecule has 0 atom stereocenters. The van der Waals surface area contributed by atoms with Crippen LogP contribution in [0.3, 0.4) is 0 Å². The predicted octanol–water partition coefficient (Wildman–Crippen LogP) is 2.74. The molecule has 3 N–H and O–H groups in total. The van der Waals surface area contributed by atoms with Crippen LogP contribution in [0.4, 0.5) is 4.39 Å². The van der Waals surface area contributed by atoms with Gasteiger partial charge in [-0.15, -0.1) is 0 Å². The number of hydrogen-bond donors (Lipinski definition) is 2. The van der Waals surface area contributed by atoms with E-state index in [1.165, 1.54) is 31.4 Å². The fraction of sp³-hybridized carbons (Fsp3) is 0.588. The molecule has 0 aliphatic carbocycles. The smallest absolute Gasteiger partial charge is 0.188 e. The topological polar surface area (TPSA) is 53.6 Å². The molecule has 0 unspecified atom stereocenters. The van der Waals surface area contributed by atoms with E-state index in [-0.39, 0.29) is 5.82 Å². The average molecular weight is 308 g/mol. The van der Waals surface area contributed by atoms with Gasteiger partial charge in [-0.1, -0.05) is 38.3 Å². The first-order valence-corrected chi connectivity index (χ1v) is 8.08. The number of rotatable bonds is 10. The molecule has 22 heavy (non-hydrogen) atoms. The lowest BCUT2D eigenvalue weighted by Gasteiger charge is -2.17. The van der Waals surface area contributed by atoms with Crippen molar-refractivity contribution in [1.82, 2.24) is 10.2 Å². The molecule has 124 valence electrons. The maximum Gasteiger partial charge on any atom is 0.188 e. The third kappa shape index (κ3) is 8.62. The van der Waals surface area contributed by atoms with Gasteiger partial charge in [0.1, 0.15) is 5.82 Å². The first-order valence-electron chi connectivity index (χ1n) is 8.08. The van der Waals surface area contributed by atoms with E-state index in [0.29, 0.717) is 5.96 Å². The molecule has 0 aliphatic rings. The second-order valence-corrected chi connectivity index (χ2v) is 5.62. The van der Waals surface area contributed by atoms with Crippen LogP contribution in [0.2, 0.25) is 0 Å². The summed E-state index contributed by atoms with van der Waals surface area (Å²) in [6.07, 6.45) is 4.81. The molecule has 0 aliphatic heterocycles. The maximum absolute atomic E-state index is 12.8. The Bertz CT molecular complexity index is 431. The van der Waals surface area contributed by atoms with Crippen LogP contribution in [0, 0.1) is 5.82 Å². The van der Waals surface area contributed by atoms with Gasteiger partial charge in [0.2, 0.25) is 0 Å². The first kappa shape index (κ1) is 18.4. The summed E-state index contributed by atoms with van der Waals surface area (Å²) in [7, 11) is 2.03. The highest BCUT2D eigenvalue weighted by atomic mass is 19.1. The molecule has 0 bridgehead atoms. The first-order chi connectivity index (χ1) is 10.6. The highest BCUT2D eigenvalue weighted by Gasteiger charge is 2.01. The normalized spacial score (nSPS) is 11.9. The third-order valence-corrected chi connectivity index (χ3v) is 3.46. The molecule has 0 spiro atoms. The fourth-order valence-electron chi connectivity index (χ4n) is 2.15. The zero-order chi connectivity index (χ0) is 16.2. The lowest BCUT2D eigenvalue weighted by molar-refractivity contribution is 0.331. The summed E-state index contributed by atoms with van der Waals surface area (Å²) >= 11 is 0. The van der Waals surface area contributed by atoms with Crippen molar-refractivity contribution in [1.29, 1.82) is 0 Å². The van der Waals surface area contributed by atoms with Gasteiger partial charge in [-0.25, -0.2) is 4.39 Å². The Morgan fingerprint density at radius 1 is 1.23 bits per heavy atom.